The Morgan fingerprint density at radius 1 is 1.04 bits per heavy atom. The third-order valence-electron chi connectivity index (χ3n) is 4.04. The number of aromatic nitrogens is 2. The van der Waals surface area contributed by atoms with Gasteiger partial charge in [-0.3, -0.25) is 9.78 Å². The van der Waals surface area contributed by atoms with Crippen molar-refractivity contribution in [2.24, 2.45) is 0 Å². The highest BCUT2D eigenvalue weighted by atomic mass is 16.1. The molecule has 1 aromatic heterocycles. The highest BCUT2D eigenvalue weighted by Gasteiger charge is 2.10. The SMILES string of the molecule is Cc1cccc(C(=O)Nc2cccc([C@H](C)Nc3cncc(C)n3)c2)c1. The molecular formula is C21H22N4O. The van der Waals surface area contributed by atoms with Crippen LogP contribution in [0.2, 0.25) is 0 Å². The quantitative estimate of drug-likeness (QED) is 0.713. The van der Waals surface area contributed by atoms with Gasteiger partial charge in [0.2, 0.25) is 0 Å². The topological polar surface area (TPSA) is 66.9 Å². The maximum absolute atomic E-state index is 12.4. The summed E-state index contributed by atoms with van der Waals surface area (Å²) in [5, 5.41) is 6.29. The molecule has 0 fully saturated rings. The number of amides is 1. The summed E-state index contributed by atoms with van der Waals surface area (Å²) in [7, 11) is 0. The summed E-state index contributed by atoms with van der Waals surface area (Å²) in [5.41, 5.74) is 4.38. The fraction of sp³-hybridized carbons (Fsp3) is 0.190. The Balaban J connectivity index is 1.72. The first-order valence-corrected chi connectivity index (χ1v) is 8.54. The monoisotopic (exact) mass is 346 g/mol. The van der Waals surface area contributed by atoms with Crippen molar-refractivity contribution in [3.63, 3.8) is 0 Å². The van der Waals surface area contributed by atoms with Crippen LogP contribution in [-0.4, -0.2) is 15.9 Å². The Kier molecular flexibility index (Phi) is 5.27. The summed E-state index contributed by atoms with van der Waals surface area (Å²) in [6, 6.07) is 15.4. The van der Waals surface area contributed by atoms with E-state index in [1.165, 1.54) is 0 Å². The van der Waals surface area contributed by atoms with Crippen LogP contribution in [0, 0.1) is 13.8 Å². The van der Waals surface area contributed by atoms with Gasteiger partial charge >= 0.3 is 0 Å². The van der Waals surface area contributed by atoms with Crippen molar-refractivity contribution >= 4 is 17.4 Å². The first-order chi connectivity index (χ1) is 12.5. The van der Waals surface area contributed by atoms with Gasteiger partial charge in [-0.15, -0.1) is 0 Å². The molecule has 2 N–H and O–H groups in total. The molecular weight excluding hydrogens is 324 g/mol. The van der Waals surface area contributed by atoms with Crippen LogP contribution in [0.3, 0.4) is 0 Å². The van der Waals surface area contributed by atoms with Crippen LogP contribution in [0.4, 0.5) is 11.5 Å². The summed E-state index contributed by atoms with van der Waals surface area (Å²) >= 11 is 0. The van der Waals surface area contributed by atoms with Crippen LogP contribution in [-0.2, 0) is 0 Å². The van der Waals surface area contributed by atoms with Crippen LogP contribution < -0.4 is 10.6 Å². The Morgan fingerprint density at radius 3 is 2.62 bits per heavy atom. The molecule has 0 bridgehead atoms. The van der Waals surface area contributed by atoms with Crippen LogP contribution in [0.15, 0.2) is 60.9 Å². The van der Waals surface area contributed by atoms with Gasteiger partial charge in [-0.05, 0) is 50.6 Å². The van der Waals surface area contributed by atoms with Gasteiger partial charge in [0.05, 0.1) is 17.9 Å². The number of hydrogen-bond donors (Lipinski definition) is 2. The van der Waals surface area contributed by atoms with Crippen LogP contribution in [0.1, 0.15) is 40.1 Å². The largest absolute Gasteiger partial charge is 0.362 e. The summed E-state index contributed by atoms with van der Waals surface area (Å²) in [6.07, 6.45) is 3.42. The van der Waals surface area contributed by atoms with E-state index in [1.54, 1.807) is 12.4 Å². The van der Waals surface area contributed by atoms with Crippen molar-refractivity contribution in [3.05, 3.63) is 83.3 Å². The summed E-state index contributed by atoms with van der Waals surface area (Å²) in [4.78, 5) is 21.0. The number of benzene rings is 2. The molecule has 5 nitrogen and oxygen atoms in total. The van der Waals surface area contributed by atoms with E-state index in [-0.39, 0.29) is 11.9 Å². The molecule has 3 aromatic rings. The average Bonchev–Trinajstić information content (AvgIpc) is 2.62. The second-order valence-electron chi connectivity index (χ2n) is 6.36. The Hall–Kier alpha value is -3.21. The molecule has 1 heterocycles. The Morgan fingerprint density at radius 2 is 1.85 bits per heavy atom. The minimum Gasteiger partial charge on any atom is -0.362 e. The molecule has 0 unspecified atom stereocenters. The minimum absolute atomic E-state index is 0.0296. The van der Waals surface area contributed by atoms with Gasteiger partial charge in [0.25, 0.3) is 5.91 Å². The molecule has 0 aliphatic carbocycles. The van der Waals surface area contributed by atoms with E-state index < -0.39 is 0 Å². The average molecular weight is 346 g/mol. The van der Waals surface area contributed by atoms with Gasteiger partial charge in [0, 0.05) is 17.4 Å². The zero-order valence-corrected chi connectivity index (χ0v) is 15.2. The maximum atomic E-state index is 12.4. The lowest BCUT2D eigenvalue weighted by Gasteiger charge is -2.16. The lowest BCUT2D eigenvalue weighted by atomic mass is 10.1. The number of carbonyl (C=O) groups is 1. The first-order valence-electron chi connectivity index (χ1n) is 8.54. The number of nitrogens with one attached hydrogen (secondary N) is 2. The van der Waals surface area contributed by atoms with Gasteiger partial charge in [-0.1, -0.05) is 29.8 Å². The van der Waals surface area contributed by atoms with Crippen molar-refractivity contribution in [2.75, 3.05) is 10.6 Å². The fourth-order valence-corrected chi connectivity index (χ4v) is 2.71. The second-order valence-corrected chi connectivity index (χ2v) is 6.36. The summed E-state index contributed by atoms with van der Waals surface area (Å²) in [5.74, 6) is 0.614. The molecule has 0 aliphatic rings. The highest BCUT2D eigenvalue weighted by molar-refractivity contribution is 6.04. The second kappa shape index (κ2) is 7.78. The van der Waals surface area contributed by atoms with Gasteiger partial charge in [-0.2, -0.15) is 0 Å². The Labute approximate surface area is 153 Å². The summed E-state index contributed by atoms with van der Waals surface area (Å²) < 4.78 is 0. The van der Waals surface area contributed by atoms with E-state index in [4.69, 9.17) is 0 Å². The zero-order valence-electron chi connectivity index (χ0n) is 15.2. The van der Waals surface area contributed by atoms with E-state index in [0.29, 0.717) is 5.56 Å². The first kappa shape index (κ1) is 17.6. The molecule has 132 valence electrons. The number of rotatable bonds is 5. The normalized spacial score (nSPS) is 11.7. The minimum atomic E-state index is -0.115. The number of hydrogen-bond acceptors (Lipinski definition) is 4. The number of carbonyl (C=O) groups excluding carboxylic acids is 1. The molecule has 0 radical (unpaired) electrons. The van der Waals surface area contributed by atoms with Crippen LogP contribution in [0.25, 0.3) is 0 Å². The third kappa shape index (κ3) is 4.45. The predicted octanol–water partition coefficient (Wildman–Crippen LogP) is 4.52. The number of nitrogens with zero attached hydrogens (tertiary/aromatic N) is 2. The lowest BCUT2D eigenvalue weighted by molar-refractivity contribution is 0.102. The lowest BCUT2D eigenvalue weighted by Crippen LogP contribution is -2.13. The zero-order chi connectivity index (χ0) is 18.5. The fourth-order valence-electron chi connectivity index (χ4n) is 2.71. The number of anilines is 2. The maximum Gasteiger partial charge on any atom is 0.255 e. The van der Waals surface area contributed by atoms with Gasteiger partial charge in [-0.25, -0.2) is 4.98 Å². The van der Waals surface area contributed by atoms with Crippen molar-refractivity contribution < 1.29 is 4.79 Å². The van der Waals surface area contributed by atoms with Crippen molar-refractivity contribution in [3.8, 4) is 0 Å². The van der Waals surface area contributed by atoms with E-state index in [0.717, 1.165) is 28.3 Å². The van der Waals surface area contributed by atoms with Crippen molar-refractivity contribution in [1.82, 2.24) is 9.97 Å². The van der Waals surface area contributed by atoms with E-state index in [2.05, 4.69) is 20.6 Å². The molecule has 1 atom stereocenters. The molecule has 3 rings (SSSR count). The van der Waals surface area contributed by atoms with Crippen LogP contribution in [0.5, 0.6) is 0 Å². The van der Waals surface area contributed by atoms with Gasteiger partial charge in [0.15, 0.2) is 0 Å². The summed E-state index contributed by atoms with van der Waals surface area (Å²) in [6.45, 7) is 5.93. The highest BCUT2D eigenvalue weighted by Crippen LogP contribution is 2.21. The van der Waals surface area contributed by atoms with E-state index >= 15 is 0 Å². The molecule has 1 amide bonds. The predicted molar refractivity (Wildman–Crippen MR) is 104 cm³/mol. The van der Waals surface area contributed by atoms with Crippen LogP contribution >= 0.6 is 0 Å². The third-order valence-corrected chi connectivity index (χ3v) is 4.04. The van der Waals surface area contributed by atoms with E-state index in [9.17, 15) is 4.79 Å². The molecule has 0 spiro atoms. The van der Waals surface area contributed by atoms with E-state index in [1.807, 2.05) is 69.3 Å². The molecule has 0 aliphatic heterocycles. The number of aryl methyl sites for hydroxylation is 2. The van der Waals surface area contributed by atoms with Crippen molar-refractivity contribution in [2.45, 2.75) is 26.8 Å². The molecule has 2 aromatic carbocycles. The molecule has 26 heavy (non-hydrogen) atoms. The molecule has 0 saturated heterocycles. The van der Waals surface area contributed by atoms with Gasteiger partial charge < -0.3 is 10.6 Å². The standard InChI is InChI=1S/C21H22N4O/c1-14-6-4-8-18(10-14)21(26)25-19-9-5-7-17(11-19)16(3)24-20-13-22-12-15(2)23-20/h4-13,16H,1-3H3,(H,23,24)(H,25,26)/t16-/m0/s1. The smallest absolute Gasteiger partial charge is 0.255 e. The Bertz CT molecular complexity index is 923. The van der Waals surface area contributed by atoms with Crippen molar-refractivity contribution in [1.29, 1.82) is 0 Å². The molecule has 0 saturated carbocycles. The van der Waals surface area contributed by atoms with Gasteiger partial charge in [0.1, 0.15) is 5.82 Å². The molecule has 5 heteroatoms.